The molecule has 0 saturated carbocycles. The van der Waals surface area contributed by atoms with Crippen molar-refractivity contribution < 1.29 is 9.59 Å². The Bertz CT molecular complexity index is 471. The number of aryl methyl sites for hydroxylation is 1. The van der Waals surface area contributed by atoms with Crippen molar-refractivity contribution in [1.29, 1.82) is 0 Å². The minimum atomic E-state index is -0.327. The van der Waals surface area contributed by atoms with Crippen LogP contribution in [-0.4, -0.2) is 35.8 Å². The number of hydrogen-bond acceptors (Lipinski definition) is 2. The van der Waals surface area contributed by atoms with E-state index in [1.54, 1.807) is 4.90 Å². The molecule has 1 aromatic rings. The molecule has 20 heavy (non-hydrogen) atoms. The fourth-order valence-electron chi connectivity index (χ4n) is 2.67. The molecule has 2 rings (SSSR count). The molecule has 0 aliphatic carbocycles. The van der Waals surface area contributed by atoms with Crippen LogP contribution in [0.5, 0.6) is 0 Å². The van der Waals surface area contributed by atoms with Gasteiger partial charge in [-0.1, -0.05) is 44.2 Å². The van der Waals surface area contributed by atoms with Crippen LogP contribution >= 0.6 is 0 Å². The van der Waals surface area contributed by atoms with Crippen molar-refractivity contribution in [3.63, 3.8) is 0 Å². The van der Waals surface area contributed by atoms with Crippen LogP contribution in [0.1, 0.15) is 25.8 Å². The van der Waals surface area contributed by atoms with Gasteiger partial charge in [0, 0.05) is 19.5 Å². The smallest absolute Gasteiger partial charge is 0.243 e. The zero-order chi connectivity index (χ0) is 14.5. The molecule has 0 aromatic heterocycles. The van der Waals surface area contributed by atoms with Crippen LogP contribution in [0.4, 0.5) is 0 Å². The molecule has 0 bridgehead atoms. The monoisotopic (exact) mass is 274 g/mol. The predicted octanol–water partition coefficient (Wildman–Crippen LogP) is 1.60. The zero-order valence-electron chi connectivity index (χ0n) is 12.1. The minimum Gasteiger partial charge on any atom is -0.353 e. The van der Waals surface area contributed by atoms with E-state index in [2.05, 4.69) is 5.32 Å². The Balaban J connectivity index is 1.98. The highest BCUT2D eigenvalue weighted by molar-refractivity contribution is 5.89. The van der Waals surface area contributed by atoms with Crippen molar-refractivity contribution in [2.24, 2.45) is 5.92 Å². The fourth-order valence-corrected chi connectivity index (χ4v) is 2.67. The van der Waals surface area contributed by atoms with Crippen molar-refractivity contribution >= 4 is 11.8 Å². The summed E-state index contributed by atoms with van der Waals surface area (Å²) in [6, 6.07) is 9.64. The van der Waals surface area contributed by atoms with Gasteiger partial charge < -0.3 is 10.2 Å². The Morgan fingerprint density at radius 2 is 2.05 bits per heavy atom. The predicted molar refractivity (Wildman–Crippen MR) is 78.1 cm³/mol. The van der Waals surface area contributed by atoms with Crippen LogP contribution in [0.25, 0.3) is 0 Å². The molecule has 1 aromatic carbocycles. The van der Waals surface area contributed by atoms with Crippen molar-refractivity contribution in [1.82, 2.24) is 10.2 Å². The van der Waals surface area contributed by atoms with E-state index in [1.165, 1.54) is 0 Å². The second kappa shape index (κ2) is 6.55. The van der Waals surface area contributed by atoms with Gasteiger partial charge in [-0.3, -0.25) is 9.59 Å². The average Bonchev–Trinajstić information content (AvgIpc) is 2.45. The number of amides is 2. The molecule has 1 aliphatic heterocycles. The molecule has 0 spiro atoms. The Kier molecular flexibility index (Phi) is 4.77. The molecule has 1 fully saturated rings. The first-order chi connectivity index (χ1) is 9.59. The van der Waals surface area contributed by atoms with Gasteiger partial charge in [-0.05, 0) is 17.9 Å². The lowest BCUT2D eigenvalue weighted by Crippen LogP contribution is -2.59. The molecule has 1 atom stereocenters. The van der Waals surface area contributed by atoms with Gasteiger partial charge in [0.15, 0.2) is 0 Å². The maximum atomic E-state index is 12.4. The number of carbonyl (C=O) groups is 2. The van der Waals surface area contributed by atoms with E-state index in [-0.39, 0.29) is 23.8 Å². The van der Waals surface area contributed by atoms with Crippen LogP contribution in [0.2, 0.25) is 0 Å². The Labute approximate surface area is 120 Å². The Morgan fingerprint density at radius 3 is 2.70 bits per heavy atom. The van der Waals surface area contributed by atoms with E-state index in [0.29, 0.717) is 19.5 Å². The lowest BCUT2D eigenvalue weighted by atomic mass is 9.98. The molecule has 2 amide bonds. The molecule has 1 saturated heterocycles. The number of benzene rings is 1. The van der Waals surface area contributed by atoms with Gasteiger partial charge in [-0.15, -0.1) is 0 Å². The molecule has 4 heteroatoms. The first-order valence-electron chi connectivity index (χ1n) is 7.20. The highest BCUT2D eigenvalue weighted by Gasteiger charge is 2.34. The summed E-state index contributed by atoms with van der Waals surface area (Å²) in [5.74, 6) is 0.178. The van der Waals surface area contributed by atoms with E-state index in [0.717, 1.165) is 12.0 Å². The Morgan fingerprint density at radius 1 is 1.35 bits per heavy atom. The van der Waals surface area contributed by atoms with E-state index in [9.17, 15) is 9.59 Å². The largest absolute Gasteiger partial charge is 0.353 e. The summed E-state index contributed by atoms with van der Waals surface area (Å²) in [6.45, 7) is 5.13. The Hall–Kier alpha value is -1.84. The van der Waals surface area contributed by atoms with Crippen LogP contribution in [0.15, 0.2) is 30.3 Å². The number of carbonyl (C=O) groups excluding carboxylic acids is 2. The van der Waals surface area contributed by atoms with E-state index in [1.807, 2.05) is 44.2 Å². The molecule has 4 nitrogen and oxygen atoms in total. The number of piperazine rings is 1. The first-order valence-corrected chi connectivity index (χ1v) is 7.20. The van der Waals surface area contributed by atoms with Crippen molar-refractivity contribution in [2.75, 3.05) is 13.1 Å². The molecular weight excluding hydrogens is 252 g/mol. The summed E-state index contributed by atoms with van der Waals surface area (Å²) in [4.78, 5) is 26.0. The fraction of sp³-hybridized carbons (Fsp3) is 0.500. The summed E-state index contributed by atoms with van der Waals surface area (Å²) in [7, 11) is 0. The van der Waals surface area contributed by atoms with E-state index < -0.39 is 0 Å². The van der Waals surface area contributed by atoms with Crippen LogP contribution < -0.4 is 5.32 Å². The minimum absolute atomic E-state index is 0.0284. The maximum absolute atomic E-state index is 12.4. The summed E-state index contributed by atoms with van der Waals surface area (Å²) in [6.07, 6.45) is 1.18. The number of rotatable bonds is 4. The normalized spacial score (nSPS) is 19.1. The quantitative estimate of drug-likeness (QED) is 0.906. The standard InChI is InChI=1S/C16H22N2O2/c1-12(2)15-16(20)17-10-11-18(15)14(19)9-8-13-6-4-3-5-7-13/h3-7,12,15H,8-11H2,1-2H3,(H,17,20). The second-order valence-corrected chi connectivity index (χ2v) is 5.55. The highest BCUT2D eigenvalue weighted by atomic mass is 16.2. The lowest BCUT2D eigenvalue weighted by Gasteiger charge is -2.37. The van der Waals surface area contributed by atoms with E-state index in [4.69, 9.17) is 0 Å². The number of nitrogens with zero attached hydrogens (tertiary/aromatic N) is 1. The van der Waals surface area contributed by atoms with Gasteiger partial charge in [-0.2, -0.15) is 0 Å². The highest BCUT2D eigenvalue weighted by Crippen LogP contribution is 2.16. The molecular formula is C16H22N2O2. The first kappa shape index (κ1) is 14.6. The van der Waals surface area contributed by atoms with Gasteiger partial charge in [0.2, 0.25) is 11.8 Å². The molecule has 1 N–H and O–H groups in total. The summed E-state index contributed by atoms with van der Waals surface area (Å²) in [5, 5.41) is 2.84. The average molecular weight is 274 g/mol. The van der Waals surface area contributed by atoms with Crippen LogP contribution in [0.3, 0.4) is 0 Å². The second-order valence-electron chi connectivity index (χ2n) is 5.55. The number of hydrogen-bond donors (Lipinski definition) is 1. The van der Waals surface area contributed by atoms with E-state index >= 15 is 0 Å². The van der Waals surface area contributed by atoms with Gasteiger partial charge >= 0.3 is 0 Å². The number of nitrogens with one attached hydrogen (secondary N) is 1. The maximum Gasteiger partial charge on any atom is 0.243 e. The van der Waals surface area contributed by atoms with Gasteiger partial charge in [-0.25, -0.2) is 0 Å². The third-order valence-corrected chi connectivity index (χ3v) is 3.68. The summed E-state index contributed by atoms with van der Waals surface area (Å²) in [5.41, 5.74) is 1.16. The zero-order valence-corrected chi connectivity index (χ0v) is 12.1. The third kappa shape index (κ3) is 3.38. The lowest BCUT2D eigenvalue weighted by molar-refractivity contribution is -0.145. The molecule has 0 radical (unpaired) electrons. The van der Waals surface area contributed by atoms with Crippen molar-refractivity contribution in [3.05, 3.63) is 35.9 Å². The summed E-state index contributed by atoms with van der Waals surface area (Å²) < 4.78 is 0. The SMILES string of the molecule is CC(C)C1C(=O)NCCN1C(=O)CCc1ccccc1. The van der Waals surface area contributed by atoms with Gasteiger partial charge in [0.05, 0.1) is 0 Å². The van der Waals surface area contributed by atoms with Crippen molar-refractivity contribution in [2.45, 2.75) is 32.7 Å². The topological polar surface area (TPSA) is 49.4 Å². The van der Waals surface area contributed by atoms with Crippen molar-refractivity contribution in [3.8, 4) is 0 Å². The molecule has 1 unspecified atom stereocenters. The van der Waals surface area contributed by atoms with Gasteiger partial charge in [0.25, 0.3) is 0 Å². The van der Waals surface area contributed by atoms with Crippen LogP contribution in [-0.2, 0) is 16.0 Å². The van der Waals surface area contributed by atoms with Crippen LogP contribution in [0, 0.1) is 5.92 Å². The molecule has 1 aliphatic rings. The molecule has 108 valence electrons. The third-order valence-electron chi connectivity index (χ3n) is 3.68. The molecule has 1 heterocycles. The van der Waals surface area contributed by atoms with Gasteiger partial charge in [0.1, 0.15) is 6.04 Å². The summed E-state index contributed by atoms with van der Waals surface area (Å²) >= 11 is 0.